The van der Waals surface area contributed by atoms with Gasteiger partial charge >= 0.3 is 0 Å². The lowest BCUT2D eigenvalue weighted by Crippen LogP contribution is -2.49. The number of aromatic nitrogens is 2. The Labute approximate surface area is 158 Å². The molecule has 0 unspecified atom stereocenters. The van der Waals surface area contributed by atoms with Crippen LogP contribution in [0, 0.1) is 0 Å². The fourth-order valence-electron chi connectivity index (χ4n) is 4.85. The Morgan fingerprint density at radius 1 is 1.22 bits per heavy atom. The van der Waals surface area contributed by atoms with Crippen molar-refractivity contribution in [3.8, 4) is 5.75 Å². The predicted molar refractivity (Wildman–Crippen MR) is 104 cm³/mol. The minimum atomic E-state index is 0.131. The van der Waals surface area contributed by atoms with Crippen LogP contribution >= 0.6 is 0 Å². The number of piperidine rings is 1. The van der Waals surface area contributed by atoms with E-state index in [9.17, 15) is 4.79 Å². The number of carbonyl (C=O) groups excluding carboxylic acids is 1. The van der Waals surface area contributed by atoms with Gasteiger partial charge in [0.05, 0.1) is 24.5 Å². The quantitative estimate of drug-likeness (QED) is 0.753. The number of aryl methyl sites for hydroxylation is 1. The van der Waals surface area contributed by atoms with Crippen LogP contribution in [0.15, 0.2) is 42.7 Å². The van der Waals surface area contributed by atoms with Crippen molar-refractivity contribution in [1.82, 2.24) is 14.9 Å². The molecule has 2 heterocycles. The minimum Gasteiger partial charge on any atom is -0.497 e. The van der Waals surface area contributed by atoms with Crippen molar-refractivity contribution in [2.45, 2.75) is 37.6 Å². The zero-order valence-corrected chi connectivity index (χ0v) is 15.4. The number of methoxy groups -OCH3 is 1. The Kier molecular flexibility index (Phi) is 3.88. The van der Waals surface area contributed by atoms with E-state index in [1.807, 2.05) is 24.3 Å². The summed E-state index contributed by atoms with van der Waals surface area (Å²) in [6.45, 7) is 0.837. The van der Waals surface area contributed by atoms with Gasteiger partial charge < -0.3 is 14.6 Å². The summed E-state index contributed by atoms with van der Waals surface area (Å²) in [4.78, 5) is 22.8. The average molecular weight is 361 g/mol. The molecule has 5 nitrogen and oxygen atoms in total. The van der Waals surface area contributed by atoms with Crippen LogP contribution in [0.25, 0.3) is 11.0 Å². The van der Waals surface area contributed by atoms with Crippen molar-refractivity contribution in [3.05, 3.63) is 59.4 Å². The third-order valence-corrected chi connectivity index (χ3v) is 6.17. The monoisotopic (exact) mass is 361 g/mol. The van der Waals surface area contributed by atoms with Crippen molar-refractivity contribution in [1.29, 1.82) is 0 Å². The smallest absolute Gasteiger partial charge is 0.254 e. The standard InChI is InChI=1S/C22H23N3O2/c1-27-16-6-7-17-14(11-16)5-9-21-18(17)3-2-10-25(21)22(26)15-4-8-19-20(12-15)24-13-23-19/h4,6-8,11-13,18,21H,2-3,5,9-10H2,1H3,(H,23,24)/t18-,21+/m0/s1. The number of benzene rings is 2. The number of rotatable bonds is 2. The van der Waals surface area contributed by atoms with Gasteiger partial charge in [-0.15, -0.1) is 0 Å². The van der Waals surface area contributed by atoms with E-state index < -0.39 is 0 Å². The maximum atomic E-state index is 13.3. The Morgan fingerprint density at radius 3 is 3.04 bits per heavy atom. The van der Waals surface area contributed by atoms with Crippen molar-refractivity contribution in [2.75, 3.05) is 13.7 Å². The molecule has 0 radical (unpaired) electrons. The van der Waals surface area contributed by atoms with Crippen molar-refractivity contribution < 1.29 is 9.53 Å². The van der Waals surface area contributed by atoms with E-state index in [1.54, 1.807) is 13.4 Å². The first-order chi connectivity index (χ1) is 13.2. The number of amides is 1. The first kappa shape index (κ1) is 16.4. The molecule has 5 heteroatoms. The van der Waals surface area contributed by atoms with Crippen molar-refractivity contribution in [2.24, 2.45) is 0 Å². The van der Waals surface area contributed by atoms with E-state index in [0.29, 0.717) is 5.92 Å². The van der Waals surface area contributed by atoms with Crippen LogP contribution in [0.2, 0.25) is 0 Å². The van der Waals surface area contributed by atoms with Crippen molar-refractivity contribution >= 4 is 16.9 Å². The van der Waals surface area contributed by atoms with Crippen LogP contribution < -0.4 is 4.74 Å². The molecule has 1 N–H and O–H groups in total. The highest BCUT2D eigenvalue weighted by Gasteiger charge is 2.38. The molecule has 1 aliphatic heterocycles. The molecule has 0 saturated carbocycles. The van der Waals surface area contributed by atoms with Crippen LogP contribution in [-0.4, -0.2) is 40.5 Å². The van der Waals surface area contributed by atoms with Crippen LogP contribution in [0.5, 0.6) is 5.75 Å². The summed E-state index contributed by atoms with van der Waals surface area (Å²) in [6.07, 6.45) is 5.87. The first-order valence-electron chi connectivity index (χ1n) is 9.65. The lowest BCUT2D eigenvalue weighted by atomic mass is 9.74. The summed E-state index contributed by atoms with van der Waals surface area (Å²) in [5, 5.41) is 0. The van der Waals surface area contributed by atoms with E-state index >= 15 is 0 Å². The van der Waals surface area contributed by atoms with Gasteiger partial charge in [-0.3, -0.25) is 4.79 Å². The number of aromatic amines is 1. The molecule has 1 saturated heterocycles. The number of hydrogen-bond acceptors (Lipinski definition) is 3. The van der Waals surface area contributed by atoms with E-state index in [0.717, 1.165) is 54.6 Å². The lowest BCUT2D eigenvalue weighted by Gasteiger charge is -2.45. The zero-order chi connectivity index (χ0) is 18.4. The number of fused-ring (bicyclic) bond motifs is 4. The Bertz CT molecular complexity index is 1010. The largest absolute Gasteiger partial charge is 0.497 e. The average Bonchev–Trinajstić information content (AvgIpc) is 3.20. The Balaban J connectivity index is 1.46. The van der Waals surface area contributed by atoms with Crippen LogP contribution in [0.4, 0.5) is 0 Å². The molecule has 138 valence electrons. The summed E-state index contributed by atoms with van der Waals surface area (Å²) >= 11 is 0. The SMILES string of the molecule is COc1ccc2c(c1)CC[C@@H]1[C@H]2CCCN1C(=O)c1ccc2[nH]cnc2c1. The van der Waals surface area contributed by atoms with Crippen LogP contribution in [0.1, 0.15) is 46.7 Å². The normalized spacial score (nSPS) is 21.6. The van der Waals surface area contributed by atoms with Gasteiger partial charge in [-0.2, -0.15) is 0 Å². The molecule has 1 amide bonds. The second-order valence-electron chi connectivity index (χ2n) is 7.55. The summed E-state index contributed by atoms with van der Waals surface area (Å²) in [7, 11) is 1.71. The summed E-state index contributed by atoms with van der Waals surface area (Å²) in [5.74, 6) is 1.47. The van der Waals surface area contributed by atoms with Crippen LogP contribution in [0.3, 0.4) is 0 Å². The number of H-pyrrole nitrogens is 1. The highest BCUT2D eigenvalue weighted by molar-refractivity contribution is 5.97. The summed E-state index contributed by atoms with van der Waals surface area (Å²) in [6, 6.07) is 12.5. The van der Waals surface area contributed by atoms with Gasteiger partial charge in [0, 0.05) is 24.1 Å². The third kappa shape index (κ3) is 2.69. The number of nitrogens with zero attached hydrogens (tertiary/aromatic N) is 2. The highest BCUT2D eigenvalue weighted by atomic mass is 16.5. The van der Waals surface area contributed by atoms with E-state index in [-0.39, 0.29) is 11.9 Å². The highest BCUT2D eigenvalue weighted by Crippen LogP contribution is 2.42. The molecular weight excluding hydrogens is 338 g/mol. The molecule has 3 aromatic rings. The minimum absolute atomic E-state index is 0.131. The number of carbonyl (C=O) groups is 1. The molecule has 2 aliphatic rings. The number of nitrogens with one attached hydrogen (secondary N) is 1. The van der Waals surface area contributed by atoms with Gasteiger partial charge in [-0.05, 0) is 67.1 Å². The van der Waals surface area contributed by atoms with Crippen molar-refractivity contribution in [3.63, 3.8) is 0 Å². The molecule has 0 bridgehead atoms. The van der Waals surface area contributed by atoms with E-state index in [1.165, 1.54) is 11.1 Å². The molecular formula is C22H23N3O2. The Morgan fingerprint density at radius 2 is 2.15 bits per heavy atom. The molecule has 27 heavy (non-hydrogen) atoms. The topological polar surface area (TPSA) is 58.2 Å². The van der Waals surface area contributed by atoms with Gasteiger partial charge in [-0.1, -0.05) is 6.07 Å². The molecule has 2 atom stereocenters. The van der Waals surface area contributed by atoms with Gasteiger partial charge in [0.15, 0.2) is 0 Å². The maximum absolute atomic E-state index is 13.3. The fourth-order valence-corrected chi connectivity index (χ4v) is 4.85. The second-order valence-corrected chi connectivity index (χ2v) is 7.55. The number of ether oxygens (including phenoxy) is 1. The fraction of sp³-hybridized carbons (Fsp3) is 0.364. The van der Waals surface area contributed by atoms with Gasteiger partial charge in [0.2, 0.25) is 0 Å². The summed E-state index contributed by atoms with van der Waals surface area (Å²) < 4.78 is 5.39. The number of imidazole rings is 1. The van der Waals surface area contributed by atoms with Gasteiger partial charge in [-0.25, -0.2) is 4.98 Å². The zero-order valence-electron chi connectivity index (χ0n) is 15.4. The van der Waals surface area contributed by atoms with E-state index in [4.69, 9.17) is 4.74 Å². The molecule has 1 fully saturated rings. The van der Waals surface area contributed by atoms with Gasteiger partial charge in [0.1, 0.15) is 5.75 Å². The number of hydrogen-bond donors (Lipinski definition) is 1. The maximum Gasteiger partial charge on any atom is 0.254 e. The second kappa shape index (κ2) is 6.41. The lowest BCUT2D eigenvalue weighted by molar-refractivity contribution is 0.0547. The van der Waals surface area contributed by atoms with E-state index in [2.05, 4.69) is 27.0 Å². The predicted octanol–water partition coefficient (Wildman–Crippen LogP) is 3.91. The number of likely N-dealkylation sites (tertiary alicyclic amines) is 1. The van der Waals surface area contributed by atoms with Gasteiger partial charge in [0.25, 0.3) is 5.91 Å². The molecule has 0 spiro atoms. The molecule has 5 rings (SSSR count). The summed E-state index contributed by atoms with van der Waals surface area (Å²) in [5.41, 5.74) is 5.31. The molecule has 2 aromatic carbocycles. The molecule has 1 aliphatic carbocycles. The molecule has 1 aromatic heterocycles. The van der Waals surface area contributed by atoms with Crippen LogP contribution in [-0.2, 0) is 6.42 Å². The first-order valence-corrected chi connectivity index (χ1v) is 9.65. The third-order valence-electron chi connectivity index (χ3n) is 6.17. The Hall–Kier alpha value is -2.82.